The van der Waals surface area contributed by atoms with Gasteiger partial charge in [0.2, 0.25) is 0 Å². The zero-order valence-corrected chi connectivity index (χ0v) is 16.9. The molecule has 1 aromatic carbocycles. The maximum Gasteiger partial charge on any atom is 0.257 e. The van der Waals surface area contributed by atoms with Crippen molar-refractivity contribution in [3.63, 3.8) is 0 Å². The van der Waals surface area contributed by atoms with Gasteiger partial charge in [-0.25, -0.2) is 9.97 Å². The first-order valence-corrected chi connectivity index (χ1v) is 10.3. The van der Waals surface area contributed by atoms with Crippen molar-refractivity contribution in [3.8, 4) is 0 Å². The van der Waals surface area contributed by atoms with Gasteiger partial charge in [0.15, 0.2) is 5.65 Å². The number of aryl methyl sites for hydroxylation is 1. The van der Waals surface area contributed by atoms with Gasteiger partial charge in [0.25, 0.3) is 5.91 Å². The van der Waals surface area contributed by atoms with Gasteiger partial charge in [-0.3, -0.25) is 4.79 Å². The van der Waals surface area contributed by atoms with Gasteiger partial charge in [0.1, 0.15) is 0 Å². The van der Waals surface area contributed by atoms with Crippen LogP contribution in [0.2, 0.25) is 0 Å². The lowest BCUT2D eigenvalue weighted by molar-refractivity contribution is 0.0774. The number of nitrogens with zero attached hydrogens (tertiary/aromatic N) is 3. The number of carbonyl (C=O) groups excluding carboxylic acids is 1. The monoisotopic (exact) mass is 380 g/mol. The summed E-state index contributed by atoms with van der Waals surface area (Å²) in [5.74, 6) is -0.0292. The largest absolute Gasteiger partial charge is 0.354 e. The highest BCUT2D eigenvalue weighted by Crippen LogP contribution is 2.30. The summed E-state index contributed by atoms with van der Waals surface area (Å²) in [5.41, 5.74) is 3.78. The standard InChI is InChI=1S/C21H24N4OS/c1-5-25(6-2)21(26)18-13-22-20-17(11-10-14(3)23-20)19(18)24-15-8-7-9-16(12-15)27-4/h7-13H,5-6H2,1-4H3,(H,22,23,24). The Kier molecular flexibility index (Phi) is 5.96. The fourth-order valence-corrected chi connectivity index (χ4v) is 3.45. The number of anilines is 2. The number of carbonyl (C=O) groups is 1. The van der Waals surface area contributed by atoms with Crippen molar-refractivity contribution in [1.29, 1.82) is 0 Å². The molecule has 0 fully saturated rings. The molecule has 0 bridgehead atoms. The van der Waals surface area contributed by atoms with Crippen LogP contribution in [0.5, 0.6) is 0 Å². The molecule has 1 N–H and O–H groups in total. The van der Waals surface area contributed by atoms with E-state index in [1.54, 1.807) is 22.9 Å². The van der Waals surface area contributed by atoms with E-state index < -0.39 is 0 Å². The summed E-state index contributed by atoms with van der Waals surface area (Å²) in [7, 11) is 0. The van der Waals surface area contributed by atoms with Gasteiger partial charge < -0.3 is 10.2 Å². The molecule has 0 spiro atoms. The van der Waals surface area contributed by atoms with Gasteiger partial charge in [-0.15, -0.1) is 11.8 Å². The number of aromatic nitrogens is 2. The molecule has 0 aliphatic rings. The van der Waals surface area contributed by atoms with Gasteiger partial charge in [0.05, 0.1) is 11.3 Å². The Bertz CT molecular complexity index is 970. The zero-order valence-electron chi connectivity index (χ0n) is 16.1. The first-order valence-electron chi connectivity index (χ1n) is 9.04. The number of benzene rings is 1. The average Bonchev–Trinajstić information content (AvgIpc) is 2.69. The summed E-state index contributed by atoms with van der Waals surface area (Å²) in [4.78, 5) is 25.0. The predicted molar refractivity (Wildman–Crippen MR) is 113 cm³/mol. The van der Waals surface area contributed by atoms with Crippen LogP contribution >= 0.6 is 11.8 Å². The zero-order chi connectivity index (χ0) is 19.4. The van der Waals surface area contributed by atoms with Crippen molar-refractivity contribution in [2.24, 2.45) is 0 Å². The van der Waals surface area contributed by atoms with Crippen molar-refractivity contribution in [2.45, 2.75) is 25.7 Å². The Morgan fingerprint density at radius 3 is 2.67 bits per heavy atom. The van der Waals surface area contributed by atoms with Crippen molar-refractivity contribution >= 4 is 40.1 Å². The van der Waals surface area contributed by atoms with Crippen molar-refractivity contribution in [1.82, 2.24) is 14.9 Å². The number of hydrogen-bond donors (Lipinski definition) is 1. The normalized spacial score (nSPS) is 10.8. The Morgan fingerprint density at radius 2 is 1.96 bits per heavy atom. The first kappa shape index (κ1) is 19.2. The van der Waals surface area contributed by atoms with Gasteiger partial charge in [-0.05, 0) is 57.4 Å². The molecule has 2 heterocycles. The van der Waals surface area contributed by atoms with Crippen LogP contribution in [0, 0.1) is 6.92 Å². The fraction of sp³-hybridized carbons (Fsp3) is 0.286. The topological polar surface area (TPSA) is 58.1 Å². The molecule has 0 saturated carbocycles. The van der Waals surface area contributed by atoms with Crippen LogP contribution in [0.15, 0.2) is 47.5 Å². The van der Waals surface area contributed by atoms with E-state index in [1.165, 1.54) is 0 Å². The highest BCUT2D eigenvalue weighted by molar-refractivity contribution is 7.98. The maximum atomic E-state index is 13.1. The second-order valence-electron chi connectivity index (χ2n) is 6.21. The molecule has 6 heteroatoms. The molecule has 140 valence electrons. The Labute approximate surface area is 164 Å². The summed E-state index contributed by atoms with van der Waals surface area (Å²) in [6.07, 6.45) is 3.68. The number of fused-ring (bicyclic) bond motifs is 1. The lowest BCUT2D eigenvalue weighted by atomic mass is 10.1. The second-order valence-corrected chi connectivity index (χ2v) is 7.08. The molecular weight excluding hydrogens is 356 g/mol. The van der Waals surface area contributed by atoms with Crippen LogP contribution in [0.25, 0.3) is 11.0 Å². The molecule has 3 rings (SSSR count). The van der Waals surface area contributed by atoms with Gasteiger partial charge >= 0.3 is 0 Å². The van der Waals surface area contributed by atoms with Crippen molar-refractivity contribution in [3.05, 3.63) is 53.9 Å². The fourth-order valence-electron chi connectivity index (χ4n) is 3.00. The van der Waals surface area contributed by atoms with Crippen LogP contribution in [-0.4, -0.2) is 40.1 Å². The number of pyridine rings is 2. The molecule has 1 amide bonds. The third-order valence-corrected chi connectivity index (χ3v) is 5.21. The van der Waals surface area contributed by atoms with Crippen LogP contribution < -0.4 is 5.32 Å². The highest BCUT2D eigenvalue weighted by atomic mass is 32.2. The van der Waals surface area contributed by atoms with E-state index in [9.17, 15) is 4.79 Å². The molecular formula is C21H24N4OS. The Balaban J connectivity index is 2.16. The van der Waals surface area contributed by atoms with Crippen LogP contribution in [-0.2, 0) is 0 Å². The van der Waals surface area contributed by atoms with Crippen molar-refractivity contribution in [2.75, 3.05) is 24.7 Å². The molecule has 5 nitrogen and oxygen atoms in total. The van der Waals surface area contributed by atoms with Gasteiger partial charge in [0, 0.05) is 40.9 Å². The third-order valence-electron chi connectivity index (χ3n) is 4.49. The number of nitrogens with one attached hydrogen (secondary N) is 1. The molecule has 0 unspecified atom stereocenters. The smallest absolute Gasteiger partial charge is 0.257 e. The van der Waals surface area contributed by atoms with Gasteiger partial charge in [-0.1, -0.05) is 6.07 Å². The second kappa shape index (κ2) is 8.39. The van der Waals surface area contributed by atoms with Crippen molar-refractivity contribution < 1.29 is 4.79 Å². The minimum atomic E-state index is -0.0292. The van der Waals surface area contributed by atoms with E-state index >= 15 is 0 Å². The predicted octanol–water partition coefficient (Wildman–Crippen LogP) is 4.89. The minimum Gasteiger partial charge on any atom is -0.354 e. The third kappa shape index (κ3) is 4.06. The molecule has 27 heavy (non-hydrogen) atoms. The SMILES string of the molecule is CCN(CC)C(=O)c1cnc2nc(C)ccc2c1Nc1cccc(SC)c1. The first-order chi connectivity index (χ1) is 13.1. The molecule has 0 radical (unpaired) electrons. The summed E-state index contributed by atoms with van der Waals surface area (Å²) in [5, 5.41) is 4.29. The molecule has 0 saturated heterocycles. The van der Waals surface area contributed by atoms with E-state index in [1.807, 2.05) is 51.3 Å². The van der Waals surface area contributed by atoms with Crippen LogP contribution in [0.4, 0.5) is 11.4 Å². The lowest BCUT2D eigenvalue weighted by Crippen LogP contribution is -2.31. The molecule has 0 aliphatic carbocycles. The summed E-state index contributed by atoms with van der Waals surface area (Å²) >= 11 is 1.68. The Morgan fingerprint density at radius 1 is 1.19 bits per heavy atom. The van der Waals surface area contributed by atoms with Crippen LogP contribution in [0.1, 0.15) is 29.9 Å². The number of hydrogen-bond acceptors (Lipinski definition) is 5. The van der Waals surface area contributed by atoms with Crippen LogP contribution in [0.3, 0.4) is 0 Å². The molecule has 2 aromatic heterocycles. The summed E-state index contributed by atoms with van der Waals surface area (Å²) in [6, 6.07) is 12.1. The van der Waals surface area contributed by atoms with E-state index in [0.717, 1.165) is 27.4 Å². The lowest BCUT2D eigenvalue weighted by Gasteiger charge is -2.21. The quantitative estimate of drug-likeness (QED) is 0.617. The van der Waals surface area contributed by atoms with E-state index in [0.29, 0.717) is 24.3 Å². The Hall–Kier alpha value is -2.60. The maximum absolute atomic E-state index is 13.1. The average molecular weight is 381 g/mol. The minimum absolute atomic E-state index is 0.0292. The van der Waals surface area contributed by atoms with E-state index in [4.69, 9.17) is 0 Å². The molecule has 0 atom stereocenters. The molecule has 3 aromatic rings. The van der Waals surface area contributed by atoms with E-state index in [-0.39, 0.29) is 5.91 Å². The van der Waals surface area contributed by atoms with Gasteiger partial charge in [-0.2, -0.15) is 0 Å². The highest BCUT2D eigenvalue weighted by Gasteiger charge is 2.20. The summed E-state index contributed by atoms with van der Waals surface area (Å²) < 4.78 is 0. The number of rotatable bonds is 6. The number of amides is 1. The summed E-state index contributed by atoms with van der Waals surface area (Å²) in [6.45, 7) is 7.21. The van der Waals surface area contributed by atoms with E-state index in [2.05, 4.69) is 27.4 Å². The number of thioether (sulfide) groups is 1. The molecule has 0 aliphatic heterocycles.